The molecule has 2 aromatic rings. The summed E-state index contributed by atoms with van der Waals surface area (Å²) in [7, 11) is 3.26. The highest BCUT2D eigenvalue weighted by Crippen LogP contribution is 2.27. The largest absolute Gasteiger partial charge is 0.493 e. The maximum absolute atomic E-state index is 12.1. The van der Waals surface area contributed by atoms with E-state index in [0.29, 0.717) is 5.82 Å². The van der Waals surface area contributed by atoms with Gasteiger partial charge in [-0.25, -0.2) is 4.98 Å². The molecule has 0 aliphatic rings. The van der Waals surface area contributed by atoms with Crippen molar-refractivity contribution in [2.24, 2.45) is 5.92 Å². The first-order chi connectivity index (χ1) is 13.1. The van der Waals surface area contributed by atoms with Crippen molar-refractivity contribution >= 4 is 17.4 Å². The minimum absolute atomic E-state index is 0.0293. The number of nitrogens with one attached hydrogen (secondary N) is 2. The van der Waals surface area contributed by atoms with E-state index >= 15 is 0 Å². The lowest BCUT2D eigenvalue weighted by molar-refractivity contribution is -0.120. The molecule has 6 heteroatoms. The Hall–Kier alpha value is -2.76. The number of carbonyl (C=O) groups excluding carboxylic acids is 1. The van der Waals surface area contributed by atoms with Crippen LogP contribution in [0.3, 0.4) is 0 Å². The molecule has 0 aliphatic heterocycles. The maximum atomic E-state index is 12.1. The number of amides is 1. The highest BCUT2D eigenvalue weighted by Gasteiger charge is 2.14. The van der Waals surface area contributed by atoms with Crippen molar-refractivity contribution < 1.29 is 14.3 Å². The average molecular weight is 371 g/mol. The lowest BCUT2D eigenvalue weighted by Crippen LogP contribution is -2.22. The standard InChI is InChI=1S/C21H29N3O3/c1-5-16(6-2)21(25)24-20-10-8-17(14-23-20)22-12-11-15-7-9-18(26-3)19(13-15)27-4/h7-10,13-14,16,22H,5-6,11-12H2,1-4H3,(H,23,24,25). The summed E-state index contributed by atoms with van der Waals surface area (Å²) in [4.78, 5) is 16.4. The Labute approximate surface area is 161 Å². The van der Waals surface area contributed by atoms with Crippen LogP contribution in [0.4, 0.5) is 11.5 Å². The predicted octanol–water partition coefficient (Wildman–Crippen LogP) is 4.13. The molecule has 0 fully saturated rings. The smallest absolute Gasteiger partial charge is 0.228 e. The van der Waals surface area contributed by atoms with Crippen molar-refractivity contribution in [1.29, 1.82) is 0 Å². The molecule has 0 bridgehead atoms. The zero-order chi connectivity index (χ0) is 19.6. The molecule has 27 heavy (non-hydrogen) atoms. The topological polar surface area (TPSA) is 72.5 Å². The highest BCUT2D eigenvalue weighted by molar-refractivity contribution is 5.91. The van der Waals surface area contributed by atoms with Crippen LogP contribution in [0.15, 0.2) is 36.5 Å². The molecule has 0 spiro atoms. The summed E-state index contributed by atoms with van der Waals surface area (Å²) < 4.78 is 10.6. The summed E-state index contributed by atoms with van der Waals surface area (Å²) >= 11 is 0. The molecule has 0 aliphatic carbocycles. The Kier molecular flexibility index (Phi) is 7.92. The Bertz CT molecular complexity index is 728. The summed E-state index contributed by atoms with van der Waals surface area (Å²) in [5.41, 5.74) is 2.07. The number of rotatable bonds is 10. The number of nitrogens with zero attached hydrogens (tertiary/aromatic N) is 1. The monoisotopic (exact) mass is 371 g/mol. The lowest BCUT2D eigenvalue weighted by atomic mass is 10.0. The molecule has 6 nitrogen and oxygen atoms in total. The first-order valence-corrected chi connectivity index (χ1v) is 9.32. The summed E-state index contributed by atoms with van der Waals surface area (Å²) in [5, 5.41) is 6.21. The van der Waals surface area contributed by atoms with Crippen LogP contribution >= 0.6 is 0 Å². The minimum atomic E-state index is 0.0293. The predicted molar refractivity (Wildman–Crippen MR) is 109 cm³/mol. The van der Waals surface area contributed by atoms with Gasteiger partial charge in [0.25, 0.3) is 0 Å². The third-order valence-electron chi connectivity index (χ3n) is 4.56. The van der Waals surface area contributed by atoms with Crippen LogP contribution in [0.1, 0.15) is 32.3 Å². The fraction of sp³-hybridized carbons (Fsp3) is 0.429. The average Bonchev–Trinajstić information content (AvgIpc) is 2.70. The minimum Gasteiger partial charge on any atom is -0.493 e. The van der Waals surface area contributed by atoms with Gasteiger partial charge < -0.3 is 20.1 Å². The Balaban J connectivity index is 1.86. The summed E-state index contributed by atoms with van der Waals surface area (Å²) in [6, 6.07) is 9.66. The first-order valence-electron chi connectivity index (χ1n) is 9.32. The van der Waals surface area contributed by atoms with Gasteiger partial charge in [0.2, 0.25) is 5.91 Å². The van der Waals surface area contributed by atoms with Gasteiger partial charge in [0.05, 0.1) is 26.1 Å². The number of ether oxygens (including phenoxy) is 2. The van der Waals surface area contributed by atoms with Crippen LogP contribution in [0.25, 0.3) is 0 Å². The third-order valence-corrected chi connectivity index (χ3v) is 4.56. The van der Waals surface area contributed by atoms with Crippen molar-refractivity contribution in [3.05, 3.63) is 42.1 Å². The second-order valence-electron chi connectivity index (χ2n) is 6.30. The fourth-order valence-electron chi connectivity index (χ4n) is 2.85. The van der Waals surface area contributed by atoms with Gasteiger partial charge in [0, 0.05) is 12.5 Å². The van der Waals surface area contributed by atoms with E-state index in [1.807, 2.05) is 44.2 Å². The molecule has 0 radical (unpaired) electrons. The van der Waals surface area contributed by atoms with Crippen LogP contribution in [-0.4, -0.2) is 31.7 Å². The van der Waals surface area contributed by atoms with Gasteiger partial charge >= 0.3 is 0 Å². The van der Waals surface area contributed by atoms with E-state index < -0.39 is 0 Å². The van der Waals surface area contributed by atoms with E-state index in [1.54, 1.807) is 20.4 Å². The van der Waals surface area contributed by atoms with E-state index in [1.165, 1.54) is 0 Å². The SMILES string of the molecule is CCC(CC)C(=O)Nc1ccc(NCCc2ccc(OC)c(OC)c2)cn1. The van der Waals surface area contributed by atoms with Crippen LogP contribution in [0, 0.1) is 5.92 Å². The zero-order valence-electron chi connectivity index (χ0n) is 16.5. The number of aromatic nitrogens is 1. The molecular formula is C21H29N3O3. The van der Waals surface area contributed by atoms with Gasteiger partial charge in [-0.05, 0) is 49.1 Å². The maximum Gasteiger partial charge on any atom is 0.228 e. The van der Waals surface area contributed by atoms with Gasteiger partial charge in [-0.1, -0.05) is 19.9 Å². The summed E-state index contributed by atoms with van der Waals surface area (Å²) in [6.45, 7) is 4.80. The molecule has 1 aromatic heterocycles. The van der Waals surface area contributed by atoms with E-state index in [0.717, 1.165) is 48.6 Å². The normalized spacial score (nSPS) is 10.6. The molecule has 0 atom stereocenters. The van der Waals surface area contributed by atoms with E-state index in [-0.39, 0.29) is 11.8 Å². The molecule has 1 amide bonds. The van der Waals surface area contributed by atoms with Gasteiger partial charge in [0.1, 0.15) is 5.82 Å². The zero-order valence-corrected chi connectivity index (χ0v) is 16.5. The van der Waals surface area contributed by atoms with Crippen LogP contribution in [0.2, 0.25) is 0 Å². The van der Waals surface area contributed by atoms with Crippen molar-refractivity contribution in [2.45, 2.75) is 33.1 Å². The Morgan fingerprint density at radius 1 is 1.07 bits per heavy atom. The van der Waals surface area contributed by atoms with Crippen molar-refractivity contribution in [1.82, 2.24) is 4.98 Å². The van der Waals surface area contributed by atoms with Crippen molar-refractivity contribution in [3.8, 4) is 11.5 Å². The second kappa shape index (κ2) is 10.4. The van der Waals surface area contributed by atoms with E-state index in [2.05, 4.69) is 15.6 Å². The molecule has 0 saturated heterocycles. The van der Waals surface area contributed by atoms with Crippen LogP contribution < -0.4 is 20.1 Å². The van der Waals surface area contributed by atoms with Crippen molar-refractivity contribution in [3.63, 3.8) is 0 Å². The lowest BCUT2D eigenvalue weighted by Gasteiger charge is -2.13. The van der Waals surface area contributed by atoms with Crippen LogP contribution in [0.5, 0.6) is 11.5 Å². The molecule has 1 aromatic carbocycles. The molecule has 146 valence electrons. The summed E-state index contributed by atoms with van der Waals surface area (Å²) in [5.74, 6) is 2.10. The molecule has 0 unspecified atom stereocenters. The number of benzene rings is 1. The third kappa shape index (κ3) is 5.88. The number of pyridine rings is 1. The Morgan fingerprint density at radius 2 is 1.81 bits per heavy atom. The number of methoxy groups -OCH3 is 2. The number of hydrogen-bond acceptors (Lipinski definition) is 5. The van der Waals surface area contributed by atoms with E-state index in [9.17, 15) is 4.79 Å². The number of hydrogen-bond donors (Lipinski definition) is 2. The van der Waals surface area contributed by atoms with Crippen molar-refractivity contribution in [2.75, 3.05) is 31.4 Å². The molecular weight excluding hydrogens is 342 g/mol. The highest BCUT2D eigenvalue weighted by atomic mass is 16.5. The number of anilines is 2. The van der Waals surface area contributed by atoms with Gasteiger partial charge in [0.15, 0.2) is 11.5 Å². The first kappa shape index (κ1) is 20.6. The Morgan fingerprint density at radius 3 is 2.41 bits per heavy atom. The molecule has 2 rings (SSSR count). The second-order valence-corrected chi connectivity index (χ2v) is 6.30. The van der Waals surface area contributed by atoms with Crippen LogP contribution in [-0.2, 0) is 11.2 Å². The molecule has 2 N–H and O–H groups in total. The fourth-order valence-corrected chi connectivity index (χ4v) is 2.85. The van der Waals surface area contributed by atoms with Gasteiger partial charge in [-0.3, -0.25) is 4.79 Å². The quantitative estimate of drug-likeness (QED) is 0.657. The molecule has 1 heterocycles. The van der Waals surface area contributed by atoms with Gasteiger partial charge in [-0.15, -0.1) is 0 Å². The summed E-state index contributed by atoms with van der Waals surface area (Å²) in [6.07, 6.45) is 4.24. The molecule has 0 saturated carbocycles. The number of carbonyl (C=O) groups is 1. The van der Waals surface area contributed by atoms with E-state index in [4.69, 9.17) is 9.47 Å². The van der Waals surface area contributed by atoms with Gasteiger partial charge in [-0.2, -0.15) is 0 Å².